The molecule has 0 aromatic carbocycles. The molecule has 1 atom stereocenters. The smallest absolute Gasteiger partial charge is 0.0486 e. The third kappa shape index (κ3) is 0.903. The summed E-state index contributed by atoms with van der Waals surface area (Å²) in [5.41, 5.74) is 3.08. The van der Waals surface area contributed by atoms with Crippen molar-refractivity contribution in [2.45, 2.75) is 19.8 Å². The molecule has 2 heterocycles. The summed E-state index contributed by atoms with van der Waals surface area (Å²) in [6, 6.07) is 4.62. The molecular weight excluding hydrogens is 196 g/mol. The maximum Gasteiger partial charge on any atom is 0.0486 e. The van der Waals surface area contributed by atoms with Crippen LogP contribution in [0.1, 0.15) is 28.8 Å². The summed E-state index contributed by atoms with van der Waals surface area (Å²) in [6.07, 6.45) is 0. The van der Waals surface area contributed by atoms with E-state index in [1.54, 1.807) is 5.56 Å². The molecule has 0 bridgehead atoms. The van der Waals surface area contributed by atoms with Crippen LogP contribution in [-0.4, -0.2) is 0 Å². The van der Waals surface area contributed by atoms with Gasteiger partial charge < -0.3 is 0 Å². The first kappa shape index (κ1) is 7.77. The monoisotopic (exact) mass is 206 g/mol. The molecule has 3 rings (SSSR count). The molecule has 0 fully saturated rings. The van der Waals surface area contributed by atoms with E-state index in [9.17, 15) is 0 Å². The van der Waals surface area contributed by atoms with E-state index < -0.39 is 0 Å². The van der Waals surface area contributed by atoms with Gasteiger partial charge in [-0.3, -0.25) is 0 Å². The van der Waals surface area contributed by atoms with Crippen molar-refractivity contribution in [3.8, 4) is 9.75 Å². The molecule has 0 nitrogen and oxygen atoms in total. The van der Waals surface area contributed by atoms with Gasteiger partial charge in [-0.25, -0.2) is 0 Å². The molecule has 13 heavy (non-hydrogen) atoms. The minimum absolute atomic E-state index is 0.626. The first-order chi connectivity index (χ1) is 6.27. The van der Waals surface area contributed by atoms with E-state index in [-0.39, 0.29) is 0 Å². The van der Waals surface area contributed by atoms with Crippen molar-refractivity contribution in [3.05, 3.63) is 33.5 Å². The van der Waals surface area contributed by atoms with Gasteiger partial charge in [0, 0.05) is 20.5 Å². The highest BCUT2D eigenvalue weighted by atomic mass is 32.1. The Balaban J connectivity index is 2.35. The predicted octanol–water partition coefficient (Wildman–Crippen LogP) is 4.25. The number of hydrogen-bond donors (Lipinski definition) is 0. The van der Waals surface area contributed by atoms with E-state index >= 15 is 0 Å². The zero-order chi connectivity index (χ0) is 9.00. The fraction of sp³-hybridized carbons (Fsp3) is 0.273. The van der Waals surface area contributed by atoms with Crippen LogP contribution in [0.5, 0.6) is 0 Å². The van der Waals surface area contributed by atoms with Gasteiger partial charge >= 0.3 is 0 Å². The summed E-state index contributed by atoms with van der Waals surface area (Å²) in [7, 11) is 0. The molecule has 2 heteroatoms. The lowest BCUT2D eigenvalue weighted by atomic mass is 10.0. The molecule has 0 radical (unpaired) electrons. The summed E-state index contributed by atoms with van der Waals surface area (Å²) in [4.78, 5) is 4.48. The standard InChI is InChI=1S/C11H10S2/c1-6-5-9-7(2)8-3-4-12-10(8)11(9)13-6/h3-5,7H,1-2H3. The number of fused-ring (bicyclic) bond motifs is 3. The van der Waals surface area contributed by atoms with E-state index in [0.29, 0.717) is 5.92 Å². The van der Waals surface area contributed by atoms with Crippen molar-refractivity contribution < 1.29 is 0 Å². The van der Waals surface area contributed by atoms with Gasteiger partial charge in [0.1, 0.15) is 0 Å². The lowest BCUT2D eigenvalue weighted by Gasteiger charge is -2.00. The number of aryl methyl sites for hydroxylation is 1. The second kappa shape index (κ2) is 2.46. The molecule has 0 N–H and O–H groups in total. The van der Waals surface area contributed by atoms with Gasteiger partial charge in [-0.05, 0) is 35.6 Å². The zero-order valence-corrected chi connectivity index (χ0v) is 9.26. The van der Waals surface area contributed by atoms with Crippen molar-refractivity contribution in [3.63, 3.8) is 0 Å². The van der Waals surface area contributed by atoms with E-state index in [2.05, 4.69) is 31.4 Å². The lowest BCUT2D eigenvalue weighted by molar-refractivity contribution is 0.962. The average molecular weight is 206 g/mol. The Morgan fingerprint density at radius 2 is 2.08 bits per heavy atom. The van der Waals surface area contributed by atoms with Crippen LogP contribution in [-0.2, 0) is 0 Å². The largest absolute Gasteiger partial charge is 0.143 e. The molecule has 0 spiro atoms. The molecule has 0 aliphatic heterocycles. The average Bonchev–Trinajstić information content (AvgIpc) is 2.70. The van der Waals surface area contributed by atoms with Crippen LogP contribution in [0.15, 0.2) is 17.5 Å². The second-order valence-corrected chi connectivity index (χ2v) is 5.74. The van der Waals surface area contributed by atoms with E-state index in [1.807, 2.05) is 22.7 Å². The highest BCUT2D eigenvalue weighted by Gasteiger charge is 2.28. The minimum Gasteiger partial charge on any atom is -0.143 e. The van der Waals surface area contributed by atoms with Crippen LogP contribution in [0.25, 0.3) is 9.75 Å². The molecule has 0 amide bonds. The molecule has 1 aliphatic carbocycles. The van der Waals surface area contributed by atoms with Crippen molar-refractivity contribution in [2.24, 2.45) is 0 Å². The second-order valence-electron chi connectivity index (χ2n) is 3.57. The highest BCUT2D eigenvalue weighted by Crippen LogP contribution is 2.51. The number of rotatable bonds is 0. The van der Waals surface area contributed by atoms with Crippen molar-refractivity contribution in [1.82, 2.24) is 0 Å². The Bertz CT molecular complexity index is 462. The molecule has 66 valence electrons. The van der Waals surface area contributed by atoms with E-state index in [1.165, 1.54) is 20.2 Å². The van der Waals surface area contributed by atoms with Crippen LogP contribution in [0.4, 0.5) is 0 Å². The topological polar surface area (TPSA) is 0 Å². The fourth-order valence-electron chi connectivity index (χ4n) is 2.05. The van der Waals surface area contributed by atoms with Crippen molar-refractivity contribution in [2.75, 3.05) is 0 Å². The van der Waals surface area contributed by atoms with Gasteiger partial charge in [-0.15, -0.1) is 22.7 Å². The normalized spacial score (nSPS) is 18.8. The Morgan fingerprint density at radius 1 is 1.23 bits per heavy atom. The minimum atomic E-state index is 0.626. The van der Waals surface area contributed by atoms with E-state index in [0.717, 1.165) is 0 Å². The molecule has 0 saturated heterocycles. The van der Waals surface area contributed by atoms with Gasteiger partial charge in [-0.2, -0.15) is 0 Å². The summed E-state index contributed by atoms with van der Waals surface area (Å²) in [5.74, 6) is 0.626. The van der Waals surface area contributed by atoms with Gasteiger partial charge in [0.25, 0.3) is 0 Å². The summed E-state index contributed by atoms with van der Waals surface area (Å²) in [6.45, 7) is 4.51. The van der Waals surface area contributed by atoms with Gasteiger partial charge in [0.05, 0.1) is 0 Å². The molecular formula is C11H10S2. The fourth-order valence-corrected chi connectivity index (χ4v) is 4.34. The first-order valence-electron chi connectivity index (χ1n) is 4.45. The molecule has 2 aromatic rings. The van der Waals surface area contributed by atoms with Crippen molar-refractivity contribution in [1.29, 1.82) is 0 Å². The molecule has 1 aliphatic rings. The lowest BCUT2D eigenvalue weighted by Crippen LogP contribution is -1.85. The summed E-state index contributed by atoms with van der Waals surface area (Å²) >= 11 is 3.82. The quantitative estimate of drug-likeness (QED) is 0.604. The predicted molar refractivity (Wildman–Crippen MR) is 59.9 cm³/mol. The first-order valence-corrected chi connectivity index (χ1v) is 6.15. The Morgan fingerprint density at radius 3 is 2.92 bits per heavy atom. The van der Waals surface area contributed by atoms with Crippen LogP contribution in [0.2, 0.25) is 0 Å². The SMILES string of the molecule is Cc1cc2c(s1)-c1sccc1C2C. The Labute approximate surface area is 85.9 Å². The van der Waals surface area contributed by atoms with E-state index in [4.69, 9.17) is 0 Å². The van der Waals surface area contributed by atoms with Crippen molar-refractivity contribution >= 4 is 22.7 Å². The molecule has 1 unspecified atom stereocenters. The number of hydrogen-bond acceptors (Lipinski definition) is 2. The maximum absolute atomic E-state index is 2.34. The van der Waals surface area contributed by atoms with Crippen LogP contribution < -0.4 is 0 Å². The Hall–Kier alpha value is -0.600. The van der Waals surface area contributed by atoms with Crippen LogP contribution >= 0.6 is 22.7 Å². The Kier molecular flexibility index (Phi) is 1.47. The van der Waals surface area contributed by atoms with Gasteiger partial charge in [0.2, 0.25) is 0 Å². The summed E-state index contributed by atoms with van der Waals surface area (Å²) in [5, 5.41) is 2.21. The van der Waals surface area contributed by atoms with Crippen LogP contribution in [0.3, 0.4) is 0 Å². The highest BCUT2D eigenvalue weighted by molar-refractivity contribution is 7.21. The zero-order valence-electron chi connectivity index (χ0n) is 7.63. The molecule has 2 aromatic heterocycles. The summed E-state index contributed by atoms with van der Waals surface area (Å²) < 4.78 is 0. The third-order valence-electron chi connectivity index (χ3n) is 2.72. The molecule has 0 saturated carbocycles. The number of thiophene rings is 2. The van der Waals surface area contributed by atoms with Gasteiger partial charge in [-0.1, -0.05) is 6.92 Å². The van der Waals surface area contributed by atoms with Gasteiger partial charge in [0.15, 0.2) is 0 Å². The van der Waals surface area contributed by atoms with Crippen LogP contribution in [0, 0.1) is 6.92 Å². The maximum atomic E-state index is 2.34. The third-order valence-corrected chi connectivity index (χ3v) is 4.88.